The number of ether oxygens (including phenoxy) is 2. The zero-order valence-corrected chi connectivity index (χ0v) is 11.8. The lowest BCUT2D eigenvalue weighted by Gasteiger charge is -2.10. The summed E-state index contributed by atoms with van der Waals surface area (Å²) in [7, 11) is 3.07. The molecule has 104 valence electrons. The van der Waals surface area contributed by atoms with Crippen LogP contribution in [0.25, 0.3) is 0 Å². The van der Waals surface area contributed by atoms with Gasteiger partial charge in [-0.25, -0.2) is 0 Å². The van der Waals surface area contributed by atoms with Crippen LogP contribution in [0.1, 0.15) is 21.5 Å². The summed E-state index contributed by atoms with van der Waals surface area (Å²) in [6, 6.07) is 10.5. The van der Waals surface area contributed by atoms with Gasteiger partial charge in [-0.05, 0) is 37.3 Å². The van der Waals surface area contributed by atoms with Crippen molar-refractivity contribution in [3.63, 3.8) is 0 Å². The van der Waals surface area contributed by atoms with Crippen LogP contribution in [0.2, 0.25) is 0 Å². The number of aryl methyl sites for hydroxylation is 1. The van der Waals surface area contributed by atoms with Crippen LogP contribution in [-0.4, -0.2) is 20.0 Å². The Balaban J connectivity index is 2.48. The first-order chi connectivity index (χ1) is 9.56. The van der Waals surface area contributed by atoms with Gasteiger partial charge in [0, 0.05) is 5.56 Å². The molecule has 2 rings (SSSR count). The second kappa shape index (κ2) is 5.65. The maximum atomic E-state index is 12.6. The Bertz CT molecular complexity index is 650. The molecule has 0 aliphatic carbocycles. The first-order valence-corrected chi connectivity index (χ1v) is 6.19. The predicted octanol–water partition coefficient (Wildman–Crippen LogP) is 2.83. The van der Waals surface area contributed by atoms with E-state index >= 15 is 0 Å². The molecule has 4 nitrogen and oxygen atoms in total. The average Bonchev–Trinajstić information content (AvgIpc) is 2.47. The van der Waals surface area contributed by atoms with E-state index in [1.54, 1.807) is 31.4 Å². The van der Waals surface area contributed by atoms with Crippen LogP contribution in [0, 0.1) is 6.92 Å². The third kappa shape index (κ3) is 2.59. The maximum absolute atomic E-state index is 12.6. The van der Waals surface area contributed by atoms with Gasteiger partial charge in [0.25, 0.3) is 0 Å². The highest BCUT2D eigenvalue weighted by molar-refractivity contribution is 6.11. The van der Waals surface area contributed by atoms with Crippen molar-refractivity contribution in [2.75, 3.05) is 20.0 Å². The number of carbonyl (C=O) groups excluding carboxylic acids is 1. The Morgan fingerprint density at radius 3 is 2.35 bits per heavy atom. The molecule has 0 amide bonds. The molecular weight excluding hydrogens is 254 g/mol. The van der Waals surface area contributed by atoms with Crippen molar-refractivity contribution in [1.29, 1.82) is 0 Å². The smallest absolute Gasteiger partial charge is 0.196 e. The van der Waals surface area contributed by atoms with Crippen LogP contribution >= 0.6 is 0 Å². The largest absolute Gasteiger partial charge is 0.496 e. The second-order valence-corrected chi connectivity index (χ2v) is 4.49. The summed E-state index contributed by atoms with van der Waals surface area (Å²) in [5, 5.41) is 0. The van der Waals surface area contributed by atoms with Crippen LogP contribution in [0.4, 0.5) is 5.69 Å². The van der Waals surface area contributed by atoms with Gasteiger partial charge in [-0.1, -0.05) is 11.6 Å². The summed E-state index contributed by atoms with van der Waals surface area (Å²) >= 11 is 0. The highest BCUT2D eigenvalue weighted by atomic mass is 16.5. The van der Waals surface area contributed by atoms with E-state index < -0.39 is 0 Å². The summed E-state index contributed by atoms with van der Waals surface area (Å²) in [6.07, 6.45) is 0. The number of anilines is 1. The lowest BCUT2D eigenvalue weighted by atomic mass is 10.00. The minimum absolute atomic E-state index is 0.121. The Morgan fingerprint density at radius 1 is 1.00 bits per heavy atom. The molecule has 2 N–H and O–H groups in total. The molecule has 0 atom stereocenters. The van der Waals surface area contributed by atoms with E-state index in [1.165, 1.54) is 7.11 Å². The summed E-state index contributed by atoms with van der Waals surface area (Å²) in [6.45, 7) is 1.93. The van der Waals surface area contributed by atoms with Crippen LogP contribution in [-0.2, 0) is 0 Å². The van der Waals surface area contributed by atoms with Crippen LogP contribution < -0.4 is 15.2 Å². The molecule has 20 heavy (non-hydrogen) atoms. The number of nitrogens with two attached hydrogens (primary N) is 1. The van der Waals surface area contributed by atoms with E-state index in [2.05, 4.69) is 0 Å². The first kappa shape index (κ1) is 13.9. The molecule has 0 spiro atoms. The van der Waals surface area contributed by atoms with Crippen molar-refractivity contribution in [2.24, 2.45) is 0 Å². The van der Waals surface area contributed by atoms with Crippen molar-refractivity contribution in [1.82, 2.24) is 0 Å². The minimum atomic E-state index is -0.121. The van der Waals surface area contributed by atoms with Crippen molar-refractivity contribution >= 4 is 11.5 Å². The molecule has 0 unspecified atom stereocenters. The van der Waals surface area contributed by atoms with Crippen LogP contribution in [0.15, 0.2) is 36.4 Å². The van der Waals surface area contributed by atoms with E-state index in [0.717, 1.165) is 5.56 Å². The SMILES string of the molecule is COc1cc(C(=O)c2cc(C)ccc2OC)ccc1N. The van der Waals surface area contributed by atoms with E-state index in [9.17, 15) is 4.79 Å². The average molecular weight is 271 g/mol. The van der Waals surface area contributed by atoms with Gasteiger partial charge in [0.1, 0.15) is 11.5 Å². The number of hydrogen-bond acceptors (Lipinski definition) is 4. The standard InChI is InChI=1S/C16H17NO3/c1-10-4-7-14(19-2)12(8-10)16(18)11-5-6-13(17)15(9-11)20-3/h4-9H,17H2,1-3H3. The minimum Gasteiger partial charge on any atom is -0.496 e. The van der Waals surface area contributed by atoms with E-state index in [1.807, 2.05) is 19.1 Å². The van der Waals surface area contributed by atoms with Crippen molar-refractivity contribution in [3.05, 3.63) is 53.1 Å². The van der Waals surface area contributed by atoms with Gasteiger partial charge < -0.3 is 15.2 Å². The third-order valence-electron chi connectivity index (χ3n) is 3.10. The number of benzene rings is 2. The zero-order chi connectivity index (χ0) is 14.7. The highest BCUT2D eigenvalue weighted by Crippen LogP contribution is 2.27. The molecule has 0 heterocycles. The lowest BCUT2D eigenvalue weighted by Crippen LogP contribution is -2.05. The Hall–Kier alpha value is -2.49. The van der Waals surface area contributed by atoms with Gasteiger partial charge >= 0.3 is 0 Å². The topological polar surface area (TPSA) is 61.5 Å². The number of hydrogen-bond donors (Lipinski definition) is 1. The molecule has 0 radical (unpaired) electrons. The summed E-state index contributed by atoms with van der Waals surface area (Å²) in [5.41, 5.74) is 8.30. The van der Waals surface area contributed by atoms with Crippen molar-refractivity contribution in [3.8, 4) is 11.5 Å². The predicted molar refractivity (Wildman–Crippen MR) is 78.6 cm³/mol. The molecule has 0 saturated heterocycles. The van der Waals surface area contributed by atoms with E-state index in [-0.39, 0.29) is 5.78 Å². The Morgan fingerprint density at radius 2 is 1.70 bits per heavy atom. The zero-order valence-electron chi connectivity index (χ0n) is 11.8. The van der Waals surface area contributed by atoms with Crippen LogP contribution in [0.5, 0.6) is 11.5 Å². The number of methoxy groups -OCH3 is 2. The van der Waals surface area contributed by atoms with Gasteiger partial charge in [0.2, 0.25) is 0 Å². The van der Waals surface area contributed by atoms with Gasteiger partial charge in [-0.15, -0.1) is 0 Å². The highest BCUT2D eigenvalue weighted by Gasteiger charge is 2.16. The summed E-state index contributed by atoms with van der Waals surface area (Å²) in [4.78, 5) is 12.6. The monoisotopic (exact) mass is 271 g/mol. The fourth-order valence-corrected chi connectivity index (χ4v) is 2.01. The molecule has 0 saturated carbocycles. The van der Waals surface area contributed by atoms with Crippen molar-refractivity contribution in [2.45, 2.75) is 6.92 Å². The third-order valence-corrected chi connectivity index (χ3v) is 3.10. The molecule has 0 aliphatic heterocycles. The number of ketones is 1. The Kier molecular flexibility index (Phi) is 3.94. The summed E-state index contributed by atoms with van der Waals surface area (Å²) in [5.74, 6) is 0.919. The second-order valence-electron chi connectivity index (χ2n) is 4.49. The normalized spacial score (nSPS) is 10.2. The number of rotatable bonds is 4. The number of nitrogen functional groups attached to an aromatic ring is 1. The van der Waals surface area contributed by atoms with Gasteiger partial charge in [-0.2, -0.15) is 0 Å². The van der Waals surface area contributed by atoms with Crippen LogP contribution in [0.3, 0.4) is 0 Å². The van der Waals surface area contributed by atoms with E-state index in [4.69, 9.17) is 15.2 Å². The fraction of sp³-hybridized carbons (Fsp3) is 0.188. The van der Waals surface area contributed by atoms with Crippen molar-refractivity contribution < 1.29 is 14.3 Å². The first-order valence-electron chi connectivity index (χ1n) is 6.19. The van der Waals surface area contributed by atoms with Gasteiger partial charge in [0.15, 0.2) is 5.78 Å². The molecule has 4 heteroatoms. The molecule has 0 aromatic heterocycles. The number of carbonyl (C=O) groups is 1. The molecule has 0 fully saturated rings. The lowest BCUT2D eigenvalue weighted by molar-refractivity contribution is 0.103. The molecule has 0 bridgehead atoms. The summed E-state index contributed by atoms with van der Waals surface area (Å²) < 4.78 is 10.4. The molecule has 2 aromatic rings. The van der Waals surface area contributed by atoms with Gasteiger partial charge in [-0.3, -0.25) is 4.79 Å². The fourth-order valence-electron chi connectivity index (χ4n) is 2.01. The van der Waals surface area contributed by atoms with Gasteiger partial charge in [0.05, 0.1) is 25.5 Å². The maximum Gasteiger partial charge on any atom is 0.196 e. The molecular formula is C16H17NO3. The van der Waals surface area contributed by atoms with E-state index in [0.29, 0.717) is 28.3 Å². The Labute approximate surface area is 118 Å². The quantitative estimate of drug-likeness (QED) is 0.686. The molecule has 0 aliphatic rings. The molecule has 2 aromatic carbocycles.